The van der Waals surface area contributed by atoms with Gasteiger partial charge in [-0.2, -0.15) is 0 Å². The first-order valence-electron chi connectivity index (χ1n) is 4.89. The van der Waals surface area contributed by atoms with Gasteiger partial charge in [0, 0.05) is 12.3 Å². The van der Waals surface area contributed by atoms with E-state index in [1.54, 1.807) is 0 Å². The maximum Gasteiger partial charge on any atom is 0.304 e. The van der Waals surface area contributed by atoms with Gasteiger partial charge >= 0.3 is 5.97 Å². The molecule has 0 amide bonds. The van der Waals surface area contributed by atoms with Crippen molar-refractivity contribution in [2.24, 2.45) is 11.8 Å². The number of carbonyl (C=O) groups is 2. The summed E-state index contributed by atoms with van der Waals surface area (Å²) in [5.41, 5.74) is 0. The second-order valence-electron chi connectivity index (χ2n) is 3.73. The van der Waals surface area contributed by atoms with Gasteiger partial charge in [0.25, 0.3) is 0 Å². The van der Waals surface area contributed by atoms with Gasteiger partial charge in [-0.3, -0.25) is 9.59 Å². The lowest BCUT2D eigenvalue weighted by Gasteiger charge is -2.28. The van der Waals surface area contributed by atoms with E-state index >= 15 is 0 Å². The van der Waals surface area contributed by atoms with Crippen LogP contribution in [0.4, 0.5) is 0 Å². The van der Waals surface area contributed by atoms with Gasteiger partial charge in [0.15, 0.2) is 0 Å². The molecule has 1 aliphatic carbocycles. The standard InChI is InChI=1S/C10H16O3/c1-2-7-4-3-5-9(11)8(7)6-10(12)13/h7-8H,2-6H2,1H3,(H,12,13). The molecule has 0 aromatic carbocycles. The molecule has 13 heavy (non-hydrogen) atoms. The molecule has 0 aromatic heterocycles. The fourth-order valence-corrected chi connectivity index (χ4v) is 2.15. The first-order chi connectivity index (χ1) is 6.15. The third-order valence-electron chi connectivity index (χ3n) is 2.90. The number of hydrogen-bond donors (Lipinski definition) is 1. The van der Waals surface area contributed by atoms with E-state index in [-0.39, 0.29) is 18.1 Å². The molecule has 74 valence electrons. The van der Waals surface area contributed by atoms with E-state index < -0.39 is 5.97 Å². The molecule has 0 spiro atoms. The molecule has 1 fully saturated rings. The van der Waals surface area contributed by atoms with Crippen molar-refractivity contribution in [3.63, 3.8) is 0 Å². The Hall–Kier alpha value is -0.860. The zero-order valence-corrected chi connectivity index (χ0v) is 7.95. The molecule has 3 heteroatoms. The topological polar surface area (TPSA) is 54.4 Å². The summed E-state index contributed by atoms with van der Waals surface area (Å²) in [5.74, 6) is -0.604. The summed E-state index contributed by atoms with van der Waals surface area (Å²) >= 11 is 0. The van der Waals surface area contributed by atoms with Gasteiger partial charge in [0.1, 0.15) is 5.78 Å². The maximum absolute atomic E-state index is 11.4. The summed E-state index contributed by atoms with van der Waals surface area (Å²) < 4.78 is 0. The summed E-state index contributed by atoms with van der Waals surface area (Å²) in [6.07, 6.45) is 3.48. The Balaban J connectivity index is 2.62. The molecule has 0 saturated heterocycles. The zero-order chi connectivity index (χ0) is 9.84. The summed E-state index contributed by atoms with van der Waals surface area (Å²) in [4.78, 5) is 22.0. The average Bonchev–Trinajstić information content (AvgIpc) is 2.08. The second-order valence-corrected chi connectivity index (χ2v) is 3.73. The average molecular weight is 184 g/mol. The van der Waals surface area contributed by atoms with Crippen LogP contribution in [0.15, 0.2) is 0 Å². The minimum absolute atomic E-state index is 0.0251. The lowest BCUT2D eigenvalue weighted by molar-refractivity contribution is -0.142. The van der Waals surface area contributed by atoms with Gasteiger partial charge in [0.05, 0.1) is 6.42 Å². The molecule has 1 rings (SSSR count). The van der Waals surface area contributed by atoms with Crippen molar-refractivity contribution in [2.75, 3.05) is 0 Å². The predicted molar refractivity (Wildman–Crippen MR) is 48.4 cm³/mol. The number of carboxylic acid groups (broad SMARTS) is 1. The highest BCUT2D eigenvalue weighted by Crippen LogP contribution is 2.31. The van der Waals surface area contributed by atoms with E-state index in [1.165, 1.54) is 0 Å². The van der Waals surface area contributed by atoms with Gasteiger partial charge in [-0.15, -0.1) is 0 Å². The lowest BCUT2D eigenvalue weighted by Crippen LogP contribution is -2.30. The van der Waals surface area contributed by atoms with Gasteiger partial charge in [0.2, 0.25) is 0 Å². The molecule has 1 aliphatic rings. The Morgan fingerprint density at radius 1 is 1.62 bits per heavy atom. The van der Waals surface area contributed by atoms with E-state index in [9.17, 15) is 9.59 Å². The first kappa shape index (κ1) is 10.2. The van der Waals surface area contributed by atoms with Crippen molar-refractivity contribution in [3.8, 4) is 0 Å². The molecule has 0 aliphatic heterocycles. The number of Topliss-reactive ketones (excluding diaryl/α,β-unsaturated/α-hetero) is 1. The SMILES string of the molecule is CCC1CCCC(=O)C1CC(=O)O. The molecule has 0 heterocycles. The van der Waals surface area contributed by atoms with Crippen LogP contribution in [0.1, 0.15) is 39.0 Å². The van der Waals surface area contributed by atoms with Crippen molar-refractivity contribution in [1.29, 1.82) is 0 Å². The number of carboxylic acids is 1. The van der Waals surface area contributed by atoms with E-state index in [0.29, 0.717) is 12.3 Å². The van der Waals surface area contributed by atoms with Crippen LogP contribution in [0.5, 0.6) is 0 Å². The third kappa shape index (κ3) is 2.54. The molecule has 0 radical (unpaired) electrons. The summed E-state index contributed by atoms with van der Waals surface area (Å²) in [5, 5.41) is 8.64. The molecule has 1 N–H and O–H groups in total. The molecule has 2 unspecified atom stereocenters. The number of ketones is 1. The van der Waals surface area contributed by atoms with Crippen molar-refractivity contribution < 1.29 is 14.7 Å². The number of carbonyl (C=O) groups excluding carboxylic acids is 1. The fourth-order valence-electron chi connectivity index (χ4n) is 2.15. The monoisotopic (exact) mass is 184 g/mol. The predicted octanol–water partition coefficient (Wildman–Crippen LogP) is 1.86. The molecule has 2 atom stereocenters. The molecule has 3 nitrogen and oxygen atoms in total. The Bertz CT molecular complexity index is 210. The normalized spacial score (nSPS) is 28.8. The van der Waals surface area contributed by atoms with Crippen LogP contribution in [0.25, 0.3) is 0 Å². The highest BCUT2D eigenvalue weighted by atomic mass is 16.4. The molecular weight excluding hydrogens is 168 g/mol. The molecule has 0 bridgehead atoms. The Morgan fingerprint density at radius 2 is 2.31 bits per heavy atom. The smallest absolute Gasteiger partial charge is 0.304 e. The molecular formula is C10H16O3. The lowest BCUT2D eigenvalue weighted by atomic mass is 9.75. The first-order valence-corrected chi connectivity index (χ1v) is 4.89. The van der Waals surface area contributed by atoms with Crippen LogP contribution < -0.4 is 0 Å². The van der Waals surface area contributed by atoms with E-state index in [2.05, 4.69) is 0 Å². The fraction of sp³-hybridized carbons (Fsp3) is 0.800. The highest BCUT2D eigenvalue weighted by Gasteiger charge is 2.31. The van der Waals surface area contributed by atoms with Crippen LogP contribution >= 0.6 is 0 Å². The largest absolute Gasteiger partial charge is 0.481 e. The Kier molecular flexibility index (Phi) is 3.46. The summed E-state index contributed by atoms with van der Waals surface area (Å²) in [7, 11) is 0. The van der Waals surface area contributed by atoms with Crippen LogP contribution in [0.2, 0.25) is 0 Å². The quantitative estimate of drug-likeness (QED) is 0.728. The molecule has 1 saturated carbocycles. The van der Waals surface area contributed by atoms with Gasteiger partial charge in [-0.1, -0.05) is 13.3 Å². The Labute approximate surface area is 78.1 Å². The van der Waals surface area contributed by atoms with Crippen molar-refractivity contribution in [1.82, 2.24) is 0 Å². The van der Waals surface area contributed by atoms with Gasteiger partial charge in [-0.25, -0.2) is 0 Å². The highest BCUT2D eigenvalue weighted by molar-refractivity contribution is 5.85. The van der Waals surface area contributed by atoms with Crippen molar-refractivity contribution in [3.05, 3.63) is 0 Å². The third-order valence-corrected chi connectivity index (χ3v) is 2.90. The van der Waals surface area contributed by atoms with Gasteiger partial charge < -0.3 is 5.11 Å². The van der Waals surface area contributed by atoms with Crippen molar-refractivity contribution >= 4 is 11.8 Å². The summed E-state index contributed by atoms with van der Waals surface area (Å²) in [6.45, 7) is 2.03. The van der Waals surface area contributed by atoms with E-state index in [0.717, 1.165) is 19.3 Å². The maximum atomic E-state index is 11.4. The van der Waals surface area contributed by atoms with Crippen LogP contribution in [-0.2, 0) is 9.59 Å². The minimum atomic E-state index is -0.848. The Morgan fingerprint density at radius 3 is 2.85 bits per heavy atom. The van der Waals surface area contributed by atoms with E-state index in [1.807, 2.05) is 6.92 Å². The minimum Gasteiger partial charge on any atom is -0.481 e. The second kappa shape index (κ2) is 4.40. The van der Waals surface area contributed by atoms with Crippen LogP contribution in [0.3, 0.4) is 0 Å². The van der Waals surface area contributed by atoms with Gasteiger partial charge in [-0.05, 0) is 18.8 Å². The van der Waals surface area contributed by atoms with E-state index in [4.69, 9.17) is 5.11 Å². The number of hydrogen-bond acceptors (Lipinski definition) is 2. The number of rotatable bonds is 3. The summed E-state index contributed by atoms with van der Waals surface area (Å²) in [6, 6.07) is 0. The molecule has 0 aromatic rings. The van der Waals surface area contributed by atoms with Crippen LogP contribution in [0, 0.1) is 11.8 Å². The zero-order valence-electron chi connectivity index (χ0n) is 7.95. The van der Waals surface area contributed by atoms with Crippen molar-refractivity contribution in [2.45, 2.75) is 39.0 Å². The number of aliphatic carboxylic acids is 1. The van der Waals surface area contributed by atoms with Crippen LogP contribution in [-0.4, -0.2) is 16.9 Å².